The first kappa shape index (κ1) is 16.4. The molecule has 0 unspecified atom stereocenters. The molecule has 0 bridgehead atoms. The van der Waals surface area contributed by atoms with Crippen molar-refractivity contribution >= 4 is 17.3 Å². The first-order chi connectivity index (χ1) is 7.95. The van der Waals surface area contributed by atoms with E-state index in [9.17, 15) is 13.2 Å². The maximum atomic E-state index is 11.8. The Morgan fingerprint density at radius 3 is 2.24 bits per heavy atom. The monoisotopic (exact) mass is 272 g/mol. The van der Waals surface area contributed by atoms with E-state index in [1.807, 2.05) is 0 Å². The van der Waals surface area contributed by atoms with Crippen LogP contribution in [0.25, 0.3) is 0 Å². The maximum absolute atomic E-state index is 11.8. The molecule has 0 spiro atoms. The van der Waals surface area contributed by atoms with E-state index in [-0.39, 0.29) is 6.42 Å². The lowest BCUT2D eigenvalue weighted by Crippen LogP contribution is -2.36. The molecule has 0 aromatic heterocycles. The number of nitrogens with one attached hydrogen (secondary N) is 2. The molecule has 0 amide bonds. The molecule has 0 aliphatic rings. The Balaban J connectivity index is 3.28. The van der Waals surface area contributed by atoms with Crippen molar-refractivity contribution in [1.82, 2.24) is 10.6 Å². The number of unbranched alkanes of at least 4 members (excludes halogenated alkanes) is 1. The summed E-state index contributed by atoms with van der Waals surface area (Å²) in [5, 5.41) is 6.28. The van der Waals surface area contributed by atoms with Gasteiger partial charge in [-0.2, -0.15) is 13.2 Å². The van der Waals surface area contributed by atoms with E-state index < -0.39 is 12.6 Å². The SMILES string of the molecule is COCCCNC(=S)NCCCCC(F)(F)F. The van der Waals surface area contributed by atoms with Crippen molar-refractivity contribution in [1.29, 1.82) is 0 Å². The minimum absolute atomic E-state index is 0.128. The van der Waals surface area contributed by atoms with Crippen molar-refractivity contribution in [3.63, 3.8) is 0 Å². The molecule has 17 heavy (non-hydrogen) atoms. The van der Waals surface area contributed by atoms with Crippen LogP contribution in [0, 0.1) is 0 Å². The van der Waals surface area contributed by atoms with E-state index in [0.29, 0.717) is 31.2 Å². The molecule has 0 aliphatic carbocycles. The minimum Gasteiger partial charge on any atom is -0.385 e. The fourth-order valence-corrected chi connectivity index (χ4v) is 1.34. The number of halogens is 3. The number of thiocarbonyl (C=S) groups is 1. The number of rotatable bonds is 8. The second-order valence-electron chi connectivity index (χ2n) is 3.60. The summed E-state index contributed by atoms with van der Waals surface area (Å²) in [5.74, 6) is 0. The van der Waals surface area contributed by atoms with Gasteiger partial charge in [0, 0.05) is 33.2 Å². The van der Waals surface area contributed by atoms with Crippen LogP contribution in [-0.2, 0) is 4.74 Å². The summed E-state index contributed by atoms with van der Waals surface area (Å²) in [5.41, 5.74) is 0. The maximum Gasteiger partial charge on any atom is 0.389 e. The zero-order chi connectivity index (χ0) is 13.1. The standard InChI is InChI=1S/C10H19F3N2OS/c1-16-8-4-7-15-9(17)14-6-3-2-5-10(11,12)13/h2-8H2,1H3,(H2,14,15,17). The van der Waals surface area contributed by atoms with Crippen LogP contribution in [0.1, 0.15) is 25.7 Å². The Labute approximate surface area is 105 Å². The third-order valence-electron chi connectivity index (χ3n) is 1.98. The van der Waals surface area contributed by atoms with Crippen LogP contribution in [0.4, 0.5) is 13.2 Å². The van der Waals surface area contributed by atoms with Gasteiger partial charge in [0.15, 0.2) is 5.11 Å². The van der Waals surface area contributed by atoms with Gasteiger partial charge < -0.3 is 15.4 Å². The van der Waals surface area contributed by atoms with E-state index >= 15 is 0 Å². The van der Waals surface area contributed by atoms with E-state index in [2.05, 4.69) is 10.6 Å². The summed E-state index contributed by atoms with van der Waals surface area (Å²) < 4.78 is 40.3. The molecule has 0 radical (unpaired) electrons. The fourth-order valence-electron chi connectivity index (χ4n) is 1.13. The third-order valence-corrected chi connectivity index (χ3v) is 2.27. The van der Waals surface area contributed by atoms with Gasteiger partial charge in [-0.3, -0.25) is 0 Å². The predicted octanol–water partition coefficient (Wildman–Crippen LogP) is 2.22. The lowest BCUT2D eigenvalue weighted by atomic mass is 10.2. The molecule has 0 rings (SSSR count). The number of hydrogen-bond donors (Lipinski definition) is 2. The molecule has 0 aliphatic heterocycles. The molecule has 0 saturated carbocycles. The average Bonchev–Trinajstić information content (AvgIpc) is 2.22. The van der Waals surface area contributed by atoms with E-state index in [1.54, 1.807) is 7.11 Å². The van der Waals surface area contributed by atoms with Gasteiger partial charge in [-0.15, -0.1) is 0 Å². The summed E-state index contributed by atoms with van der Waals surface area (Å²) >= 11 is 4.94. The molecule has 0 fully saturated rings. The molecule has 7 heteroatoms. The zero-order valence-corrected chi connectivity index (χ0v) is 10.7. The van der Waals surface area contributed by atoms with Crippen LogP contribution in [0.2, 0.25) is 0 Å². The van der Waals surface area contributed by atoms with E-state index in [1.165, 1.54) is 0 Å². The largest absolute Gasteiger partial charge is 0.389 e. The summed E-state index contributed by atoms with van der Waals surface area (Å²) in [6.45, 7) is 1.82. The Hall–Kier alpha value is -0.560. The smallest absolute Gasteiger partial charge is 0.385 e. The van der Waals surface area contributed by atoms with Crippen LogP contribution in [0.15, 0.2) is 0 Å². The van der Waals surface area contributed by atoms with Crippen molar-refractivity contribution in [3.05, 3.63) is 0 Å². The average molecular weight is 272 g/mol. The van der Waals surface area contributed by atoms with Gasteiger partial charge >= 0.3 is 6.18 Å². The van der Waals surface area contributed by atoms with Gasteiger partial charge in [-0.1, -0.05) is 0 Å². The van der Waals surface area contributed by atoms with Crippen molar-refractivity contribution in [2.75, 3.05) is 26.8 Å². The Kier molecular flexibility index (Phi) is 9.16. The van der Waals surface area contributed by atoms with Gasteiger partial charge in [0.1, 0.15) is 0 Å². The van der Waals surface area contributed by atoms with Crippen molar-refractivity contribution in [3.8, 4) is 0 Å². The first-order valence-corrected chi connectivity index (χ1v) is 5.94. The zero-order valence-electron chi connectivity index (χ0n) is 9.90. The molecule has 0 heterocycles. The number of ether oxygens (including phenoxy) is 1. The molecule has 0 saturated heterocycles. The normalized spacial score (nSPS) is 11.3. The summed E-state index contributed by atoms with van der Waals surface area (Å²) in [6.07, 6.45) is -3.36. The molecule has 102 valence electrons. The van der Waals surface area contributed by atoms with Gasteiger partial charge in [-0.05, 0) is 31.5 Å². The summed E-state index contributed by atoms with van der Waals surface area (Å²) in [4.78, 5) is 0. The topological polar surface area (TPSA) is 33.3 Å². The van der Waals surface area contributed by atoms with E-state index in [4.69, 9.17) is 17.0 Å². The Morgan fingerprint density at radius 1 is 1.12 bits per heavy atom. The highest BCUT2D eigenvalue weighted by Gasteiger charge is 2.25. The number of methoxy groups -OCH3 is 1. The van der Waals surface area contributed by atoms with Gasteiger partial charge in [0.2, 0.25) is 0 Å². The lowest BCUT2D eigenvalue weighted by molar-refractivity contribution is -0.135. The summed E-state index contributed by atoms with van der Waals surface area (Å²) in [6, 6.07) is 0. The highest BCUT2D eigenvalue weighted by molar-refractivity contribution is 7.80. The molecule has 2 N–H and O–H groups in total. The molecule has 0 aromatic rings. The Morgan fingerprint density at radius 2 is 1.71 bits per heavy atom. The second-order valence-corrected chi connectivity index (χ2v) is 4.01. The van der Waals surface area contributed by atoms with Crippen LogP contribution in [0.3, 0.4) is 0 Å². The second kappa shape index (κ2) is 9.47. The number of hydrogen-bond acceptors (Lipinski definition) is 2. The van der Waals surface area contributed by atoms with Gasteiger partial charge in [0.25, 0.3) is 0 Å². The van der Waals surface area contributed by atoms with Crippen LogP contribution >= 0.6 is 12.2 Å². The van der Waals surface area contributed by atoms with Gasteiger partial charge in [0.05, 0.1) is 0 Å². The van der Waals surface area contributed by atoms with Crippen molar-refractivity contribution < 1.29 is 17.9 Å². The quantitative estimate of drug-likeness (QED) is 0.524. The van der Waals surface area contributed by atoms with Crippen molar-refractivity contribution in [2.45, 2.75) is 31.9 Å². The fraction of sp³-hybridized carbons (Fsp3) is 0.900. The molecule has 0 aromatic carbocycles. The highest BCUT2D eigenvalue weighted by atomic mass is 32.1. The minimum atomic E-state index is -4.06. The Bertz CT molecular complexity index is 212. The lowest BCUT2D eigenvalue weighted by Gasteiger charge is -2.10. The molecule has 3 nitrogen and oxygen atoms in total. The molecular formula is C10H19F3N2OS. The first-order valence-electron chi connectivity index (χ1n) is 5.53. The highest BCUT2D eigenvalue weighted by Crippen LogP contribution is 2.21. The summed E-state index contributed by atoms with van der Waals surface area (Å²) in [7, 11) is 1.62. The molecular weight excluding hydrogens is 253 g/mol. The predicted molar refractivity (Wildman–Crippen MR) is 65.0 cm³/mol. The molecule has 0 atom stereocenters. The van der Waals surface area contributed by atoms with E-state index in [0.717, 1.165) is 6.42 Å². The number of alkyl halides is 3. The van der Waals surface area contributed by atoms with Crippen LogP contribution in [0.5, 0.6) is 0 Å². The third kappa shape index (κ3) is 13.4. The van der Waals surface area contributed by atoms with Gasteiger partial charge in [-0.25, -0.2) is 0 Å². The van der Waals surface area contributed by atoms with Crippen molar-refractivity contribution in [2.24, 2.45) is 0 Å². The van der Waals surface area contributed by atoms with Crippen LogP contribution < -0.4 is 10.6 Å². The van der Waals surface area contributed by atoms with Crippen LogP contribution in [-0.4, -0.2) is 38.1 Å².